The standard InChI is InChI=1S/C21H23FN2O3S/c22-16-8-6-15(7-9-16)12-24-13-19-18(10-11-28(26,27)20(19)14-24)21(25)23-17-4-2-1-3-5-17/h1-9,18-20H,10-14H2,(H,23,25)/t18-,19+,20+/m1/s1. The number of benzene rings is 2. The van der Waals surface area contributed by atoms with Crippen LogP contribution in [0.25, 0.3) is 0 Å². The highest BCUT2D eigenvalue weighted by Crippen LogP contribution is 2.38. The monoisotopic (exact) mass is 402 g/mol. The summed E-state index contributed by atoms with van der Waals surface area (Å²) in [7, 11) is -3.21. The molecule has 1 N–H and O–H groups in total. The highest BCUT2D eigenvalue weighted by atomic mass is 32.2. The molecular formula is C21H23FN2O3S. The second-order valence-corrected chi connectivity index (χ2v) is 9.98. The van der Waals surface area contributed by atoms with Crippen LogP contribution in [0.15, 0.2) is 54.6 Å². The fourth-order valence-electron chi connectivity index (χ4n) is 4.36. The number of anilines is 1. The number of carbonyl (C=O) groups is 1. The summed E-state index contributed by atoms with van der Waals surface area (Å²) in [5.41, 5.74) is 1.65. The van der Waals surface area contributed by atoms with Crippen molar-refractivity contribution in [1.29, 1.82) is 0 Å². The quantitative estimate of drug-likeness (QED) is 0.854. The Labute approximate surface area is 164 Å². The second kappa shape index (κ2) is 7.64. The molecule has 0 saturated carbocycles. The van der Waals surface area contributed by atoms with Gasteiger partial charge in [-0.15, -0.1) is 0 Å². The molecular weight excluding hydrogens is 379 g/mol. The van der Waals surface area contributed by atoms with Gasteiger partial charge >= 0.3 is 0 Å². The third-order valence-corrected chi connectivity index (χ3v) is 8.00. The molecule has 0 aliphatic carbocycles. The number of nitrogens with one attached hydrogen (secondary N) is 1. The van der Waals surface area contributed by atoms with E-state index in [0.717, 1.165) is 11.3 Å². The summed E-state index contributed by atoms with van der Waals surface area (Å²) in [5, 5.41) is 2.41. The molecule has 2 aromatic carbocycles. The van der Waals surface area contributed by atoms with Crippen molar-refractivity contribution < 1.29 is 17.6 Å². The van der Waals surface area contributed by atoms with E-state index in [9.17, 15) is 17.6 Å². The first-order chi connectivity index (χ1) is 13.4. The Morgan fingerprint density at radius 3 is 2.50 bits per heavy atom. The van der Waals surface area contributed by atoms with Gasteiger partial charge in [-0.25, -0.2) is 12.8 Å². The predicted octanol–water partition coefficient (Wildman–Crippen LogP) is 2.70. The first kappa shape index (κ1) is 19.1. The molecule has 0 bridgehead atoms. The van der Waals surface area contributed by atoms with Gasteiger partial charge in [0, 0.05) is 37.2 Å². The summed E-state index contributed by atoms with van der Waals surface area (Å²) in [5.74, 6) is -0.903. The molecule has 0 aromatic heterocycles. The van der Waals surface area contributed by atoms with Crippen LogP contribution in [0.3, 0.4) is 0 Å². The molecule has 0 spiro atoms. The van der Waals surface area contributed by atoms with Crippen LogP contribution in [-0.4, -0.2) is 43.3 Å². The van der Waals surface area contributed by atoms with Crippen LogP contribution >= 0.6 is 0 Å². The smallest absolute Gasteiger partial charge is 0.227 e. The van der Waals surface area contributed by atoms with Crippen LogP contribution in [0.2, 0.25) is 0 Å². The maximum absolute atomic E-state index is 13.1. The van der Waals surface area contributed by atoms with Crippen molar-refractivity contribution in [2.24, 2.45) is 11.8 Å². The summed E-state index contributed by atoms with van der Waals surface area (Å²) in [6.07, 6.45) is 0.354. The van der Waals surface area contributed by atoms with Gasteiger partial charge in [0.15, 0.2) is 9.84 Å². The SMILES string of the molecule is O=C(Nc1ccccc1)[C@@H]1CCS(=O)(=O)[C@H]2CN(Cc3ccc(F)cc3)C[C@@H]12. The third-order valence-electron chi connectivity index (χ3n) is 5.77. The van der Waals surface area contributed by atoms with Crippen LogP contribution in [0, 0.1) is 17.7 Å². The molecule has 7 heteroatoms. The van der Waals surface area contributed by atoms with Crippen LogP contribution in [0.5, 0.6) is 0 Å². The number of nitrogens with zero attached hydrogens (tertiary/aromatic N) is 1. The number of hydrogen-bond donors (Lipinski definition) is 1. The largest absolute Gasteiger partial charge is 0.326 e. The third kappa shape index (κ3) is 3.95. The van der Waals surface area contributed by atoms with Crippen molar-refractivity contribution in [1.82, 2.24) is 4.90 Å². The zero-order chi connectivity index (χ0) is 19.7. The number of para-hydroxylation sites is 1. The van der Waals surface area contributed by atoms with Gasteiger partial charge in [-0.3, -0.25) is 9.69 Å². The number of carbonyl (C=O) groups excluding carboxylic acids is 1. The minimum Gasteiger partial charge on any atom is -0.326 e. The van der Waals surface area contributed by atoms with Crippen molar-refractivity contribution in [2.45, 2.75) is 18.2 Å². The minimum atomic E-state index is -3.21. The number of amides is 1. The number of fused-ring (bicyclic) bond motifs is 1. The van der Waals surface area contributed by atoms with Gasteiger partial charge < -0.3 is 5.32 Å². The molecule has 4 rings (SSSR count). The highest BCUT2D eigenvalue weighted by molar-refractivity contribution is 7.92. The van der Waals surface area contributed by atoms with E-state index in [4.69, 9.17) is 0 Å². The lowest BCUT2D eigenvalue weighted by molar-refractivity contribution is -0.121. The van der Waals surface area contributed by atoms with Crippen LogP contribution in [-0.2, 0) is 21.2 Å². The fourth-order valence-corrected chi connectivity index (χ4v) is 6.49. The Hall–Kier alpha value is -2.25. The average molecular weight is 402 g/mol. The van der Waals surface area contributed by atoms with E-state index in [0.29, 0.717) is 26.1 Å². The Morgan fingerprint density at radius 2 is 1.79 bits per heavy atom. The van der Waals surface area contributed by atoms with E-state index >= 15 is 0 Å². The Balaban J connectivity index is 1.50. The van der Waals surface area contributed by atoms with Crippen molar-refractivity contribution in [3.8, 4) is 0 Å². The molecule has 148 valence electrons. The van der Waals surface area contributed by atoms with Gasteiger partial charge in [0.05, 0.1) is 11.0 Å². The Bertz CT molecular complexity index is 947. The predicted molar refractivity (Wildman–Crippen MR) is 106 cm³/mol. The average Bonchev–Trinajstić information content (AvgIpc) is 3.09. The Kier molecular flexibility index (Phi) is 5.21. The van der Waals surface area contributed by atoms with Crippen LogP contribution in [0.4, 0.5) is 10.1 Å². The van der Waals surface area contributed by atoms with E-state index in [1.807, 2.05) is 30.3 Å². The molecule has 2 fully saturated rings. The topological polar surface area (TPSA) is 66.5 Å². The van der Waals surface area contributed by atoms with E-state index < -0.39 is 15.1 Å². The molecule has 3 atom stereocenters. The molecule has 2 aliphatic heterocycles. The number of sulfone groups is 1. The summed E-state index contributed by atoms with van der Waals surface area (Å²) >= 11 is 0. The molecule has 2 saturated heterocycles. The molecule has 1 amide bonds. The number of hydrogen-bond acceptors (Lipinski definition) is 4. The lowest BCUT2D eigenvalue weighted by Crippen LogP contribution is -2.45. The molecule has 2 aromatic rings. The maximum atomic E-state index is 13.1. The minimum absolute atomic E-state index is 0.0471. The molecule has 0 radical (unpaired) electrons. The molecule has 2 heterocycles. The van der Waals surface area contributed by atoms with Crippen molar-refractivity contribution in [3.05, 3.63) is 66.0 Å². The summed E-state index contributed by atoms with van der Waals surface area (Å²) in [4.78, 5) is 14.9. The van der Waals surface area contributed by atoms with Gasteiger partial charge in [0.1, 0.15) is 5.82 Å². The molecule has 28 heavy (non-hydrogen) atoms. The summed E-state index contributed by atoms with van der Waals surface area (Å²) < 4.78 is 38.4. The first-order valence-electron chi connectivity index (χ1n) is 9.47. The van der Waals surface area contributed by atoms with Gasteiger partial charge in [0.2, 0.25) is 5.91 Å². The van der Waals surface area contributed by atoms with Gasteiger partial charge in [-0.05, 0) is 36.2 Å². The van der Waals surface area contributed by atoms with Gasteiger partial charge in [-0.1, -0.05) is 30.3 Å². The van der Waals surface area contributed by atoms with Crippen molar-refractivity contribution >= 4 is 21.4 Å². The van der Waals surface area contributed by atoms with E-state index in [1.54, 1.807) is 12.1 Å². The molecule has 0 unspecified atom stereocenters. The number of likely N-dealkylation sites (tertiary alicyclic amines) is 1. The zero-order valence-electron chi connectivity index (χ0n) is 15.4. The molecule has 5 nitrogen and oxygen atoms in total. The van der Waals surface area contributed by atoms with E-state index in [1.165, 1.54) is 12.1 Å². The molecule has 2 aliphatic rings. The van der Waals surface area contributed by atoms with Crippen molar-refractivity contribution in [3.63, 3.8) is 0 Å². The van der Waals surface area contributed by atoms with E-state index in [2.05, 4.69) is 10.2 Å². The summed E-state index contributed by atoms with van der Waals surface area (Å²) in [6, 6.07) is 15.5. The second-order valence-electron chi connectivity index (χ2n) is 7.64. The van der Waals surface area contributed by atoms with Gasteiger partial charge in [0.25, 0.3) is 0 Å². The highest BCUT2D eigenvalue weighted by Gasteiger charge is 2.50. The summed E-state index contributed by atoms with van der Waals surface area (Å²) in [6.45, 7) is 1.52. The zero-order valence-corrected chi connectivity index (χ0v) is 16.2. The Morgan fingerprint density at radius 1 is 1.07 bits per heavy atom. The lowest BCUT2D eigenvalue weighted by atomic mass is 9.87. The number of rotatable bonds is 4. The fraction of sp³-hybridized carbons (Fsp3) is 0.381. The van der Waals surface area contributed by atoms with Crippen molar-refractivity contribution in [2.75, 3.05) is 24.2 Å². The van der Waals surface area contributed by atoms with E-state index in [-0.39, 0.29) is 29.3 Å². The number of halogens is 1. The maximum Gasteiger partial charge on any atom is 0.227 e. The van der Waals surface area contributed by atoms with Crippen LogP contribution in [0.1, 0.15) is 12.0 Å². The normalized spacial score (nSPS) is 26.5. The lowest BCUT2D eigenvalue weighted by Gasteiger charge is -2.31. The van der Waals surface area contributed by atoms with Gasteiger partial charge in [-0.2, -0.15) is 0 Å². The first-order valence-corrected chi connectivity index (χ1v) is 11.2. The van der Waals surface area contributed by atoms with Crippen LogP contribution < -0.4 is 5.32 Å².